The van der Waals surface area contributed by atoms with Crippen molar-refractivity contribution in [2.45, 2.75) is 51.5 Å². The standard InChI is InChI=1S/C19H29N3O2/c1-14(13-19(2,3)16-7-5-4-6-8-16)21-18(24)22-11-9-15(10-12-22)17(20)23/h4-8,14-15H,9-13H2,1-3H3,(H2,20,23)(H,21,24)/t14-/m0/s1. The van der Waals surface area contributed by atoms with E-state index in [9.17, 15) is 9.59 Å². The van der Waals surface area contributed by atoms with E-state index in [4.69, 9.17) is 5.73 Å². The second-order valence-electron chi connectivity index (χ2n) is 7.47. The van der Waals surface area contributed by atoms with E-state index in [-0.39, 0.29) is 29.3 Å². The lowest BCUT2D eigenvalue weighted by molar-refractivity contribution is -0.123. The quantitative estimate of drug-likeness (QED) is 0.870. The van der Waals surface area contributed by atoms with Gasteiger partial charge in [0, 0.05) is 25.0 Å². The fraction of sp³-hybridized carbons (Fsp3) is 0.579. The fourth-order valence-electron chi connectivity index (χ4n) is 3.49. The molecular weight excluding hydrogens is 302 g/mol. The summed E-state index contributed by atoms with van der Waals surface area (Å²) in [5, 5.41) is 3.09. The minimum absolute atomic E-state index is 0.00702. The van der Waals surface area contributed by atoms with Crippen LogP contribution in [-0.2, 0) is 10.2 Å². The van der Waals surface area contributed by atoms with Gasteiger partial charge < -0.3 is 16.0 Å². The lowest BCUT2D eigenvalue weighted by atomic mass is 9.79. The summed E-state index contributed by atoms with van der Waals surface area (Å²) in [6.07, 6.45) is 2.18. The number of benzene rings is 1. The zero-order valence-corrected chi connectivity index (χ0v) is 14.9. The average Bonchev–Trinajstić information content (AvgIpc) is 2.55. The van der Waals surface area contributed by atoms with Crippen molar-refractivity contribution < 1.29 is 9.59 Å². The Morgan fingerprint density at radius 2 is 1.83 bits per heavy atom. The maximum atomic E-state index is 12.4. The van der Waals surface area contributed by atoms with Gasteiger partial charge >= 0.3 is 6.03 Å². The van der Waals surface area contributed by atoms with Crippen LogP contribution in [0, 0.1) is 5.92 Å². The fourth-order valence-corrected chi connectivity index (χ4v) is 3.49. The molecule has 1 saturated heterocycles. The second-order valence-corrected chi connectivity index (χ2v) is 7.47. The molecule has 1 atom stereocenters. The first-order chi connectivity index (χ1) is 11.3. The molecule has 1 aromatic carbocycles. The molecule has 2 rings (SSSR count). The third kappa shape index (κ3) is 4.73. The first kappa shape index (κ1) is 18.3. The van der Waals surface area contributed by atoms with Crippen LogP contribution in [0.15, 0.2) is 30.3 Å². The van der Waals surface area contributed by atoms with Gasteiger partial charge in [0.2, 0.25) is 5.91 Å². The van der Waals surface area contributed by atoms with E-state index in [0.29, 0.717) is 25.9 Å². The molecular formula is C19H29N3O2. The molecule has 1 aliphatic heterocycles. The molecule has 1 aliphatic rings. The predicted octanol–water partition coefficient (Wildman–Crippen LogP) is 2.65. The van der Waals surface area contributed by atoms with Gasteiger partial charge in [0.15, 0.2) is 0 Å². The molecule has 0 saturated carbocycles. The van der Waals surface area contributed by atoms with E-state index in [1.807, 2.05) is 25.1 Å². The van der Waals surface area contributed by atoms with Gasteiger partial charge in [0.05, 0.1) is 0 Å². The summed E-state index contributed by atoms with van der Waals surface area (Å²) in [5.41, 5.74) is 6.60. The molecule has 3 amide bonds. The number of carbonyl (C=O) groups is 2. The molecule has 0 spiro atoms. The molecule has 0 bridgehead atoms. The summed E-state index contributed by atoms with van der Waals surface area (Å²) in [4.78, 5) is 25.4. The van der Waals surface area contributed by atoms with E-state index in [1.165, 1.54) is 5.56 Å². The average molecular weight is 331 g/mol. The maximum Gasteiger partial charge on any atom is 0.317 e. The number of hydrogen-bond acceptors (Lipinski definition) is 2. The Hall–Kier alpha value is -2.04. The van der Waals surface area contributed by atoms with Crippen molar-refractivity contribution >= 4 is 11.9 Å². The number of hydrogen-bond donors (Lipinski definition) is 2. The highest BCUT2D eigenvalue weighted by molar-refractivity contribution is 5.78. The minimum Gasteiger partial charge on any atom is -0.369 e. The van der Waals surface area contributed by atoms with Crippen LogP contribution in [0.4, 0.5) is 4.79 Å². The molecule has 1 heterocycles. The normalized spacial score (nSPS) is 17.4. The van der Waals surface area contributed by atoms with Crippen LogP contribution in [0.3, 0.4) is 0 Å². The second kappa shape index (κ2) is 7.69. The highest BCUT2D eigenvalue weighted by atomic mass is 16.2. The van der Waals surface area contributed by atoms with Crippen LogP contribution < -0.4 is 11.1 Å². The van der Waals surface area contributed by atoms with Crippen LogP contribution >= 0.6 is 0 Å². The van der Waals surface area contributed by atoms with E-state index < -0.39 is 0 Å². The smallest absolute Gasteiger partial charge is 0.317 e. The van der Waals surface area contributed by atoms with E-state index in [0.717, 1.165) is 6.42 Å². The molecule has 1 aromatic rings. The van der Waals surface area contributed by atoms with Gasteiger partial charge in [-0.3, -0.25) is 4.79 Å². The van der Waals surface area contributed by atoms with Crippen molar-refractivity contribution in [2.24, 2.45) is 11.7 Å². The summed E-state index contributed by atoms with van der Waals surface area (Å²) in [6, 6.07) is 10.4. The van der Waals surface area contributed by atoms with Crippen LogP contribution in [0.2, 0.25) is 0 Å². The zero-order chi connectivity index (χ0) is 17.7. The number of piperidine rings is 1. The summed E-state index contributed by atoms with van der Waals surface area (Å²) < 4.78 is 0. The number of amides is 3. The molecule has 132 valence electrons. The molecule has 5 nitrogen and oxygen atoms in total. The largest absolute Gasteiger partial charge is 0.369 e. The number of nitrogens with one attached hydrogen (secondary N) is 1. The number of carbonyl (C=O) groups excluding carboxylic acids is 2. The number of primary amides is 1. The number of nitrogens with two attached hydrogens (primary N) is 1. The van der Waals surface area contributed by atoms with Gasteiger partial charge in [-0.05, 0) is 37.2 Å². The molecule has 3 N–H and O–H groups in total. The van der Waals surface area contributed by atoms with Gasteiger partial charge in [0.1, 0.15) is 0 Å². The Balaban J connectivity index is 1.85. The minimum atomic E-state index is -0.256. The molecule has 24 heavy (non-hydrogen) atoms. The van der Waals surface area contributed by atoms with Gasteiger partial charge in [-0.1, -0.05) is 44.2 Å². The van der Waals surface area contributed by atoms with Crippen molar-refractivity contribution in [3.05, 3.63) is 35.9 Å². The molecule has 5 heteroatoms. The van der Waals surface area contributed by atoms with Crippen molar-refractivity contribution in [3.8, 4) is 0 Å². The molecule has 0 unspecified atom stereocenters. The first-order valence-corrected chi connectivity index (χ1v) is 8.70. The maximum absolute atomic E-state index is 12.4. The van der Waals surface area contributed by atoms with Crippen molar-refractivity contribution in [1.29, 1.82) is 0 Å². The molecule has 0 radical (unpaired) electrons. The van der Waals surface area contributed by atoms with Gasteiger partial charge in [-0.2, -0.15) is 0 Å². The Labute approximate surface area is 144 Å². The van der Waals surface area contributed by atoms with Crippen LogP contribution in [0.25, 0.3) is 0 Å². The number of rotatable bonds is 5. The number of urea groups is 1. The van der Waals surface area contributed by atoms with Crippen LogP contribution in [-0.4, -0.2) is 36.0 Å². The SMILES string of the molecule is C[C@@H](CC(C)(C)c1ccccc1)NC(=O)N1CCC(C(N)=O)CC1. The van der Waals surface area contributed by atoms with Gasteiger partial charge in [-0.25, -0.2) is 4.79 Å². The topological polar surface area (TPSA) is 75.4 Å². The summed E-state index contributed by atoms with van der Waals surface area (Å²) in [7, 11) is 0. The summed E-state index contributed by atoms with van der Waals surface area (Å²) >= 11 is 0. The van der Waals surface area contributed by atoms with E-state index in [2.05, 4.69) is 31.3 Å². The highest BCUT2D eigenvalue weighted by Gasteiger charge is 2.28. The zero-order valence-electron chi connectivity index (χ0n) is 14.9. The Morgan fingerprint density at radius 3 is 2.38 bits per heavy atom. The number of likely N-dealkylation sites (tertiary alicyclic amines) is 1. The third-order valence-corrected chi connectivity index (χ3v) is 4.93. The molecule has 1 fully saturated rings. The molecule has 0 aromatic heterocycles. The van der Waals surface area contributed by atoms with Gasteiger partial charge in [0.25, 0.3) is 0 Å². The first-order valence-electron chi connectivity index (χ1n) is 8.70. The van der Waals surface area contributed by atoms with E-state index >= 15 is 0 Å². The number of nitrogens with zero attached hydrogens (tertiary/aromatic N) is 1. The van der Waals surface area contributed by atoms with E-state index in [1.54, 1.807) is 4.90 Å². The lowest BCUT2D eigenvalue weighted by Gasteiger charge is -2.33. The highest BCUT2D eigenvalue weighted by Crippen LogP contribution is 2.28. The third-order valence-electron chi connectivity index (χ3n) is 4.93. The van der Waals surface area contributed by atoms with Gasteiger partial charge in [-0.15, -0.1) is 0 Å². The van der Waals surface area contributed by atoms with Crippen molar-refractivity contribution in [1.82, 2.24) is 10.2 Å². The monoisotopic (exact) mass is 331 g/mol. The Bertz CT molecular complexity index is 563. The van der Waals surface area contributed by atoms with Crippen molar-refractivity contribution in [3.63, 3.8) is 0 Å². The lowest BCUT2D eigenvalue weighted by Crippen LogP contribution is -2.49. The van der Waals surface area contributed by atoms with Crippen LogP contribution in [0.5, 0.6) is 0 Å². The van der Waals surface area contributed by atoms with Crippen molar-refractivity contribution in [2.75, 3.05) is 13.1 Å². The summed E-state index contributed by atoms with van der Waals surface area (Å²) in [5.74, 6) is -0.350. The van der Waals surface area contributed by atoms with Crippen LogP contribution in [0.1, 0.15) is 45.6 Å². The summed E-state index contributed by atoms with van der Waals surface area (Å²) in [6.45, 7) is 7.62. The predicted molar refractivity (Wildman–Crippen MR) is 95.6 cm³/mol. The molecule has 0 aliphatic carbocycles. The Kier molecular flexibility index (Phi) is 5.86. The Morgan fingerprint density at radius 1 is 1.25 bits per heavy atom.